The summed E-state index contributed by atoms with van der Waals surface area (Å²) in [6.45, 7) is 3.18. The summed E-state index contributed by atoms with van der Waals surface area (Å²) in [4.78, 5) is 61.4. The van der Waals surface area contributed by atoms with E-state index in [4.69, 9.17) is 21.5 Å². The van der Waals surface area contributed by atoms with Crippen LogP contribution in [0.5, 0.6) is 0 Å². The lowest BCUT2D eigenvalue weighted by Crippen LogP contribution is -2.52. The molecule has 5 N–H and O–H groups in total. The Balaban J connectivity index is 0.00000156. The van der Waals surface area contributed by atoms with E-state index in [1.165, 1.54) is 24.5 Å². The number of carbonyl (C=O) groups is 4. The van der Waals surface area contributed by atoms with Gasteiger partial charge in [-0.3, -0.25) is 29.3 Å². The first-order valence-corrected chi connectivity index (χ1v) is 15.9. The van der Waals surface area contributed by atoms with Crippen LogP contribution >= 0.6 is 11.6 Å². The van der Waals surface area contributed by atoms with Crippen molar-refractivity contribution in [1.29, 1.82) is 0 Å². The topological polar surface area (TPSA) is 189 Å². The van der Waals surface area contributed by atoms with E-state index in [2.05, 4.69) is 35.8 Å². The average molecular weight is 716 g/mol. The van der Waals surface area contributed by atoms with Gasteiger partial charge in [0.15, 0.2) is 11.5 Å². The Labute approximate surface area is 288 Å². The fourth-order valence-electron chi connectivity index (χ4n) is 5.84. The molecule has 2 aliphatic rings. The molecule has 0 spiro atoms. The number of hydrogen-bond acceptors (Lipinski definition) is 8. The molecule has 2 aliphatic heterocycles. The molecule has 3 amide bonds. The fourth-order valence-corrected chi connectivity index (χ4v) is 6.12. The predicted octanol–water partition coefficient (Wildman–Crippen LogP) is 3.45. The van der Waals surface area contributed by atoms with Crippen molar-refractivity contribution in [2.75, 3.05) is 39.3 Å². The van der Waals surface area contributed by atoms with Crippen LogP contribution in [0, 0.1) is 5.92 Å². The zero-order valence-electron chi connectivity index (χ0n) is 26.5. The smallest absolute Gasteiger partial charge is 0.435 e. The molecule has 0 radical (unpaired) electrons. The lowest BCUT2D eigenvalue weighted by molar-refractivity contribution is -0.140. The van der Waals surface area contributed by atoms with Gasteiger partial charge < -0.3 is 30.5 Å². The molecule has 2 fully saturated rings. The standard InChI is InChI=1S/C31H31ClF3N9O3.CH2O2/c32-22-15-18(1-2-21(22)30(47)44-13-11-43(12-14-44)29(46)20-5-9-37-10-6-20)16-39-28(45)27-38-17-23(40-27)24-25(19-3-7-36-8-4-19)41-42-26(24)31(33,34)35;2-1-3/h1-4,7-8,15,17,20,37H,5-6,9-14,16H2,(H,38,40)(H,39,45)(H,41,42);1H,(H,2,3). The van der Waals surface area contributed by atoms with Crippen LogP contribution in [0.25, 0.3) is 22.5 Å². The van der Waals surface area contributed by atoms with E-state index in [0.717, 1.165) is 32.1 Å². The molecule has 264 valence electrons. The van der Waals surface area contributed by atoms with E-state index < -0.39 is 17.8 Å². The number of rotatable bonds is 7. The van der Waals surface area contributed by atoms with Gasteiger partial charge in [-0.05, 0) is 55.8 Å². The molecule has 0 unspecified atom stereocenters. The number of imidazole rings is 1. The maximum Gasteiger partial charge on any atom is 0.435 e. The molecule has 0 aliphatic carbocycles. The van der Waals surface area contributed by atoms with Crippen molar-refractivity contribution in [2.24, 2.45) is 5.92 Å². The molecule has 0 saturated carbocycles. The summed E-state index contributed by atoms with van der Waals surface area (Å²) < 4.78 is 41.4. The molecule has 5 heterocycles. The van der Waals surface area contributed by atoms with Gasteiger partial charge in [0.2, 0.25) is 5.91 Å². The highest BCUT2D eigenvalue weighted by Crippen LogP contribution is 2.40. The normalized spacial score (nSPS) is 15.2. The van der Waals surface area contributed by atoms with Crippen LogP contribution < -0.4 is 10.6 Å². The Bertz CT molecular complexity index is 1820. The molecular weight excluding hydrogens is 683 g/mol. The van der Waals surface area contributed by atoms with E-state index in [9.17, 15) is 27.6 Å². The second-order valence-corrected chi connectivity index (χ2v) is 11.9. The van der Waals surface area contributed by atoms with Crippen molar-refractivity contribution in [1.82, 2.24) is 45.6 Å². The number of piperidine rings is 1. The first kappa shape index (κ1) is 36.0. The summed E-state index contributed by atoms with van der Waals surface area (Å²) in [5, 5.41) is 18.9. The van der Waals surface area contributed by atoms with E-state index in [1.807, 2.05) is 4.90 Å². The Hall–Kier alpha value is -5.29. The second kappa shape index (κ2) is 15.9. The molecule has 50 heavy (non-hydrogen) atoms. The highest BCUT2D eigenvalue weighted by Gasteiger charge is 2.39. The first-order valence-electron chi connectivity index (χ1n) is 15.6. The number of benzene rings is 1. The molecule has 0 atom stereocenters. The van der Waals surface area contributed by atoms with Gasteiger partial charge in [-0.15, -0.1) is 0 Å². The van der Waals surface area contributed by atoms with Crippen LogP contribution in [-0.2, 0) is 22.3 Å². The molecule has 1 aromatic carbocycles. The molecule has 18 heteroatoms. The second-order valence-electron chi connectivity index (χ2n) is 11.4. The number of alkyl halides is 3. The summed E-state index contributed by atoms with van der Waals surface area (Å²) in [5.74, 6) is -0.931. The van der Waals surface area contributed by atoms with Crippen LogP contribution in [-0.4, -0.2) is 104 Å². The van der Waals surface area contributed by atoms with Crippen molar-refractivity contribution < 1.29 is 37.5 Å². The highest BCUT2D eigenvalue weighted by molar-refractivity contribution is 6.33. The number of halogens is 4. The molecular formula is C32H33ClF3N9O5. The fraction of sp³-hybridized carbons (Fsp3) is 0.344. The minimum Gasteiger partial charge on any atom is -0.483 e. The van der Waals surface area contributed by atoms with E-state index >= 15 is 0 Å². The summed E-state index contributed by atoms with van der Waals surface area (Å²) in [6.07, 6.45) is 0.900. The summed E-state index contributed by atoms with van der Waals surface area (Å²) in [7, 11) is 0. The number of carboxylic acid groups (broad SMARTS) is 1. The monoisotopic (exact) mass is 715 g/mol. The number of nitrogens with one attached hydrogen (secondary N) is 4. The number of aromatic nitrogens is 5. The average Bonchev–Trinajstić information content (AvgIpc) is 3.80. The largest absolute Gasteiger partial charge is 0.483 e. The van der Waals surface area contributed by atoms with E-state index in [0.29, 0.717) is 42.9 Å². The zero-order chi connectivity index (χ0) is 35.8. The third kappa shape index (κ3) is 8.28. The zero-order valence-corrected chi connectivity index (χ0v) is 27.2. The number of H-pyrrole nitrogens is 2. The van der Waals surface area contributed by atoms with Crippen molar-refractivity contribution in [3.05, 3.63) is 76.6 Å². The molecule has 4 aromatic rings. The van der Waals surface area contributed by atoms with Gasteiger partial charge in [-0.1, -0.05) is 17.7 Å². The maximum atomic E-state index is 13.8. The van der Waals surface area contributed by atoms with Crippen molar-refractivity contribution in [3.63, 3.8) is 0 Å². The number of carbonyl (C=O) groups excluding carboxylic acids is 3. The summed E-state index contributed by atoms with van der Waals surface area (Å²) >= 11 is 6.48. The van der Waals surface area contributed by atoms with E-state index in [-0.39, 0.29) is 58.5 Å². The summed E-state index contributed by atoms with van der Waals surface area (Å²) in [5.41, 5.74) is -0.0757. The maximum absolute atomic E-state index is 13.8. The molecule has 0 bridgehead atoms. The Morgan fingerprint density at radius 2 is 1.70 bits per heavy atom. The third-order valence-corrected chi connectivity index (χ3v) is 8.66. The SMILES string of the molecule is O=C(NCc1ccc(C(=O)N2CCN(C(=O)C3CCNCC3)CC2)c(Cl)c1)c1ncc(-c2c(C(F)(F)F)n[nH]c2-c2ccncc2)[nH]1.O=CO. The first-order chi connectivity index (χ1) is 24.0. The molecule has 3 aromatic heterocycles. The number of aromatic amines is 2. The number of pyridine rings is 1. The predicted molar refractivity (Wildman–Crippen MR) is 174 cm³/mol. The van der Waals surface area contributed by atoms with Gasteiger partial charge in [-0.25, -0.2) is 4.98 Å². The highest BCUT2D eigenvalue weighted by atomic mass is 35.5. The number of hydrogen-bond donors (Lipinski definition) is 5. The number of piperazine rings is 1. The van der Waals surface area contributed by atoms with Crippen molar-refractivity contribution in [2.45, 2.75) is 25.6 Å². The van der Waals surface area contributed by atoms with Crippen LogP contribution in [0.15, 0.2) is 48.9 Å². The van der Waals surface area contributed by atoms with Crippen LogP contribution in [0.2, 0.25) is 5.02 Å². The van der Waals surface area contributed by atoms with Crippen molar-refractivity contribution in [3.8, 4) is 22.5 Å². The van der Waals surface area contributed by atoms with Gasteiger partial charge in [0.05, 0.1) is 33.7 Å². The Morgan fingerprint density at radius 1 is 1.04 bits per heavy atom. The van der Waals surface area contributed by atoms with Crippen LogP contribution in [0.3, 0.4) is 0 Å². The Kier molecular flexibility index (Phi) is 11.5. The number of nitrogens with zero attached hydrogens (tertiary/aromatic N) is 5. The van der Waals surface area contributed by atoms with Gasteiger partial charge in [0.25, 0.3) is 18.3 Å². The lowest BCUT2D eigenvalue weighted by Gasteiger charge is -2.37. The lowest BCUT2D eigenvalue weighted by atomic mass is 9.96. The van der Waals surface area contributed by atoms with Gasteiger partial charge >= 0.3 is 6.18 Å². The van der Waals surface area contributed by atoms with Crippen LogP contribution in [0.1, 0.15) is 45.1 Å². The molecule has 2 saturated heterocycles. The minimum atomic E-state index is -4.77. The number of amides is 3. The molecule has 6 rings (SSSR count). The van der Waals surface area contributed by atoms with Gasteiger partial charge in [0.1, 0.15) is 0 Å². The molecule has 14 nitrogen and oxygen atoms in total. The Morgan fingerprint density at radius 3 is 2.34 bits per heavy atom. The van der Waals surface area contributed by atoms with Crippen LogP contribution in [0.4, 0.5) is 13.2 Å². The van der Waals surface area contributed by atoms with Gasteiger partial charge in [0, 0.05) is 56.6 Å². The van der Waals surface area contributed by atoms with Crippen molar-refractivity contribution >= 4 is 35.8 Å². The van der Waals surface area contributed by atoms with Gasteiger partial charge in [-0.2, -0.15) is 18.3 Å². The quantitative estimate of drug-likeness (QED) is 0.179. The summed E-state index contributed by atoms with van der Waals surface area (Å²) in [6, 6.07) is 7.88. The minimum absolute atomic E-state index is 0.0162. The van der Waals surface area contributed by atoms with E-state index in [1.54, 1.807) is 23.1 Å². The third-order valence-electron chi connectivity index (χ3n) is 8.35.